The van der Waals surface area contributed by atoms with Crippen LogP contribution in [0.25, 0.3) is 0 Å². The van der Waals surface area contributed by atoms with Crippen LogP contribution in [0.5, 0.6) is 5.75 Å². The Balaban J connectivity index is 2.28. The fraction of sp³-hybridized carbons (Fsp3) is 0.250. The number of para-hydroxylation sites is 2. The molecule has 3 heteroatoms. The maximum Gasteiger partial charge on any atom is 0.124 e. The molecule has 0 saturated heterocycles. The zero-order valence-corrected chi connectivity index (χ0v) is 12.2. The molecule has 0 heterocycles. The van der Waals surface area contributed by atoms with Crippen LogP contribution in [-0.4, -0.2) is 7.11 Å². The predicted octanol–water partition coefficient (Wildman–Crippen LogP) is 4.83. The summed E-state index contributed by atoms with van der Waals surface area (Å²) in [7, 11) is 1.69. The molecule has 0 radical (unpaired) electrons. The van der Waals surface area contributed by atoms with Gasteiger partial charge in [-0.15, -0.1) is 0 Å². The molecule has 0 aliphatic carbocycles. The van der Waals surface area contributed by atoms with Gasteiger partial charge in [0.1, 0.15) is 5.75 Å². The van der Waals surface area contributed by atoms with E-state index in [1.54, 1.807) is 7.11 Å². The van der Waals surface area contributed by atoms with Gasteiger partial charge in [-0.3, -0.25) is 0 Å². The summed E-state index contributed by atoms with van der Waals surface area (Å²) in [5.41, 5.74) is 3.22. The molecule has 0 bridgehead atoms. The average molecular weight is 276 g/mol. The Kier molecular flexibility index (Phi) is 4.33. The fourth-order valence-electron chi connectivity index (χ4n) is 2.13. The van der Waals surface area contributed by atoms with E-state index in [0.717, 1.165) is 27.6 Å². The number of hydrogen-bond donors (Lipinski definition) is 1. The minimum Gasteiger partial charge on any atom is -0.496 e. The van der Waals surface area contributed by atoms with Crippen molar-refractivity contribution in [3.63, 3.8) is 0 Å². The molecule has 2 aromatic rings. The lowest BCUT2D eigenvalue weighted by Crippen LogP contribution is -2.09. The van der Waals surface area contributed by atoms with Gasteiger partial charge in [-0.1, -0.05) is 41.9 Å². The number of benzene rings is 2. The van der Waals surface area contributed by atoms with Crippen LogP contribution in [0, 0.1) is 6.92 Å². The van der Waals surface area contributed by atoms with Gasteiger partial charge in [-0.05, 0) is 31.5 Å². The molecule has 1 unspecified atom stereocenters. The second-order valence-electron chi connectivity index (χ2n) is 4.54. The van der Waals surface area contributed by atoms with Crippen molar-refractivity contribution in [3.8, 4) is 5.75 Å². The lowest BCUT2D eigenvalue weighted by molar-refractivity contribution is 0.408. The van der Waals surface area contributed by atoms with E-state index in [2.05, 4.69) is 18.3 Å². The third kappa shape index (κ3) is 3.02. The molecule has 1 atom stereocenters. The first-order valence-electron chi connectivity index (χ1n) is 6.28. The van der Waals surface area contributed by atoms with E-state index >= 15 is 0 Å². The summed E-state index contributed by atoms with van der Waals surface area (Å²) in [6.45, 7) is 4.14. The normalized spacial score (nSPS) is 12.0. The number of rotatable bonds is 4. The summed E-state index contributed by atoms with van der Waals surface area (Å²) >= 11 is 6.24. The molecule has 0 aliphatic heterocycles. The van der Waals surface area contributed by atoms with E-state index in [-0.39, 0.29) is 6.04 Å². The first kappa shape index (κ1) is 13.8. The van der Waals surface area contributed by atoms with E-state index in [1.165, 1.54) is 0 Å². The van der Waals surface area contributed by atoms with Gasteiger partial charge in [0.2, 0.25) is 0 Å². The second kappa shape index (κ2) is 5.98. The van der Waals surface area contributed by atoms with Crippen LogP contribution in [0.2, 0.25) is 5.02 Å². The summed E-state index contributed by atoms with van der Waals surface area (Å²) in [4.78, 5) is 0. The molecule has 0 fully saturated rings. The minimum absolute atomic E-state index is 0.120. The molecule has 2 nitrogen and oxygen atoms in total. The van der Waals surface area contributed by atoms with Crippen LogP contribution in [0.15, 0.2) is 42.5 Å². The molecule has 0 aliphatic rings. The quantitative estimate of drug-likeness (QED) is 0.863. The van der Waals surface area contributed by atoms with Crippen molar-refractivity contribution < 1.29 is 4.74 Å². The highest BCUT2D eigenvalue weighted by Crippen LogP contribution is 2.32. The highest BCUT2D eigenvalue weighted by atomic mass is 35.5. The summed E-state index contributed by atoms with van der Waals surface area (Å²) in [5, 5.41) is 4.20. The lowest BCUT2D eigenvalue weighted by Gasteiger charge is -2.20. The van der Waals surface area contributed by atoms with Crippen LogP contribution in [0.3, 0.4) is 0 Å². The third-order valence-electron chi connectivity index (χ3n) is 3.19. The number of ether oxygens (including phenoxy) is 1. The molecule has 0 saturated carbocycles. The molecular formula is C16H18ClNO. The van der Waals surface area contributed by atoms with Crippen molar-refractivity contribution in [2.24, 2.45) is 0 Å². The maximum atomic E-state index is 6.24. The molecular weight excluding hydrogens is 258 g/mol. The zero-order chi connectivity index (χ0) is 13.8. The van der Waals surface area contributed by atoms with Gasteiger partial charge in [0.15, 0.2) is 0 Å². The molecule has 1 N–H and O–H groups in total. The third-order valence-corrected chi connectivity index (χ3v) is 3.50. The van der Waals surface area contributed by atoms with Gasteiger partial charge >= 0.3 is 0 Å². The number of aryl methyl sites for hydroxylation is 1. The fourth-order valence-corrected chi connectivity index (χ4v) is 2.41. The van der Waals surface area contributed by atoms with E-state index in [0.29, 0.717) is 0 Å². The maximum absolute atomic E-state index is 6.24. The van der Waals surface area contributed by atoms with Crippen LogP contribution < -0.4 is 10.1 Å². The number of nitrogens with one attached hydrogen (secondary N) is 1. The van der Waals surface area contributed by atoms with E-state index in [4.69, 9.17) is 16.3 Å². The van der Waals surface area contributed by atoms with E-state index in [9.17, 15) is 0 Å². The van der Waals surface area contributed by atoms with Crippen LogP contribution in [-0.2, 0) is 0 Å². The van der Waals surface area contributed by atoms with Gasteiger partial charge in [-0.25, -0.2) is 0 Å². The van der Waals surface area contributed by atoms with Gasteiger partial charge < -0.3 is 10.1 Å². The van der Waals surface area contributed by atoms with Gasteiger partial charge in [-0.2, -0.15) is 0 Å². The first-order chi connectivity index (χ1) is 9.13. The minimum atomic E-state index is 0.120. The van der Waals surface area contributed by atoms with Gasteiger partial charge in [0, 0.05) is 5.56 Å². The molecule has 0 aromatic heterocycles. The van der Waals surface area contributed by atoms with Gasteiger partial charge in [0.05, 0.1) is 23.9 Å². The Morgan fingerprint density at radius 2 is 1.84 bits per heavy atom. The Morgan fingerprint density at radius 3 is 2.53 bits per heavy atom. The number of anilines is 1. The van der Waals surface area contributed by atoms with Crippen LogP contribution in [0.4, 0.5) is 5.69 Å². The summed E-state index contributed by atoms with van der Waals surface area (Å²) < 4.78 is 5.39. The smallest absolute Gasteiger partial charge is 0.124 e. The second-order valence-corrected chi connectivity index (χ2v) is 4.95. The number of hydrogen-bond acceptors (Lipinski definition) is 2. The van der Waals surface area contributed by atoms with E-state index in [1.807, 2.05) is 43.3 Å². The van der Waals surface area contributed by atoms with Crippen molar-refractivity contribution in [1.82, 2.24) is 0 Å². The summed E-state index contributed by atoms with van der Waals surface area (Å²) in [5.74, 6) is 0.882. The Labute approximate surface area is 119 Å². The molecule has 19 heavy (non-hydrogen) atoms. The molecule has 0 spiro atoms. The summed E-state index contributed by atoms with van der Waals surface area (Å²) in [6.07, 6.45) is 0. The number of methoxy groups -OCH3 is 1. The van der Waals surface area contributed by atoms with Crippen molar-refractivity contribution in [2.75, 3.05) is 12.4 Å². The summed E-state index contributed by atoms with van der Waals surface area (Å²) in [6, 6.07) is 14.0. The van der Waals surface area contributed by atoms with Crippen molar-refractivity contribution in [2.45, 2.75) is 19.9 Å². The highest BCUT2D eigenvalue weighted by Gasteiger charge is 2.13. The molecule has 2 aromatic carbocycles. The molecule has 100 valence electrons. The van der Waals surface area contributed by atoms with Crippen molar-refractivity contribution >= 4 is 17.3 Å². The highest BCUT2D eigenvalue weighted by molar-refractivity contribution is 6.33. The van der Waals surface area contributed by atoms with Crippen molar-refractivity contribution in [1.29, 1.82) is 0 Å². The Morgan fingerprint density at radius 1 is 1.11 bits per heavy atom. The molecule has 2 rings (SSSR count). The lowest BCUT2D eigenvalue weighted by atomic mass is 10.1. The van der Waals surface area contributed by atoms with E-state index < -0.39 is 0 Å². The topological polar surface area (TPSA) is 21.3 Å². The monoisotopic (exact) mass is 275 g/mol. The Bertz CT molecular complexity index is 548. The van der Waals surface area contributed by atoms with Crippen molar-refractivity contribution in [3.05, 3.63) is 58.6 Å². The first-order valence-corrected chi connectivity index (χ1v) is 6.66. The SMILES string of the molecule is COc1ccccc1C(C)Nc1c(C)cccc1Cl. The van der Waals surface area contributed by atoms with Crippen LogP contribution >= 0.6 is 11.6 Å². The Hall–Kier alpha value is -1.67. The predicted molar refractivity (Wildman–Crippen MR) is 81.2 cm³/mol. The number of halogens is 1. The van der Waals surface area contributed by atoms with Crippen LogP contribution in [0.1, 0.15) is 24.1 Å². The average Bonchev–Trinajstić information content (AvgIpc) is 2.42. The zero-order valence-electron chi connectivity index (χ0n) is 11.4. The largest absolute Gasteiger partial charge is 0.496 e. The standard InChI is InChI=1S/C16H18ClNO/c1-11-7-6-9-14(17)16(11)18-12(2)13-8-4-5-10-15(13)19-3/h4-10,12,18H,1-3H3. The van der Waals surface area contributed by atoms with Gasteiger partial charge in [0.25, 0.3) is 0 Å². The molecule has 0 amide bonds.